The van der Waals surface area contributed by atoms with Crippen LogP contribution in [0.15, 0.2) is 0 Å². The minimum atomic E-state index is -0.773. The van der Waals surface area contributed by atoms with Gasteiger partial charge in [-0.25, -0.2) is 4.79 Å². The number of amides is 4. The number of carbonyl (C=O) groups is 3. The molecule has 0 aromatic heterocycles. The summed E-state index contributed by atoms with van der Waals surface area (Å²) in [5.74, 6) is 0.507. The summed E-state index contributed by atoms with van der Waals surface area (Å²) in [4.78, 5) is 38.6. The van der Waals surface area contributed by atoms with Crippen molar-refractivity contribution in [1.29, 1.82) is 0 Å². The van der Waals surface area contributed by atoms with Gasteiger partial charge in [0.2, 0.25) is 5.91 Å². The van der Waals surface area contributed by atoms with Crippen LogP contribution in [0.4, 0.5) is 4.79 Å². The number of hydrogen-bond donors (Lipinski definition) is 3. The normalized spacial score (nSPS) is 34.4. The second-order valence-electron chi connectivity index (χ2n) is 7.90. The summed E-state index contributed by atoms with van der Waals surface area (Å²) >= 11 is 0. The second kappa shape index (κ2) is 8.57. The maximum absolute atomic E-state index is 12.8. The van der Waals surface area contributed by atoms with Crippen LogP contribution in [0.1, 0.15) is 52.4 Å². The van der Waals surface area contributed by atoms with Crippen molar-refractivity contribution in [2.45, 2.75) is 64.0 Å². The number of imide groups is 1. The van der Waals surface area contributed by atoms with Crippen molar-refractivity contribution >= 4 is 30.3 Å². The molecule has 3 N–H and O–H groups in total. The Kier molecular flexibility index (Phi) is 6.91. The molecule has 2 aliphatic heterocycles. The molecule has 2 saturated heterocycles. The molecular weight excluding hydrogens is 356 g/mol. The molecule has 1 saturated carbocycles. The van der Waals surface area contributed by atoms with Crippen LogP contribution in [-0.4, -0.2) is 54.0 Å². The Morgan fingerprint density at radius 1 is 1.27 bits per heavy atom. The summed E-state index contributed by atoms with van der Waals surface area (Å²) in [5.41, 5.74) is -0.773. The van der Waals surface area contributed by atoms with Gasteiger partial charge in [0.1, 0.15) is 12.1 Å². The molecule has 3 fully saturated rings. The Balaban J connectivity index is 0.00000243. The van der Waals surface area contributed by atoms with Gasteiger partial charge in [0.05, 0.1) is 0 Å². The van der Waals surface area contributed by atoms with Crippen molar-refractivity contribution in [3.63, 3.8) is 0 Å². The van der Waals surface area contributed by atoms with Gasteiger partial charge >= 0.3 is 6.03 Å². The summed E-state index contributed by atoms with van der Waals surface area (Å²) < 4.78 is 0. The highest BCUT2D eigenvalue weighted by Crippen LogP contribution is 2.37. The molecule has 7 nitrogen and oxygen atoms in total. The number of nitrogens with zero attached hydrogens (tertiary/aromatic N) is 1. The van der Waals surface area contributed by atoms with Gasteiger partial charge in [-0.2, -0.15) is 0 Å². The quantitative estimate of drug-likeness (QED) is 0.637. The molecule has 8 heteroatoms. The molecule has 3 rings (SSSR count). The van der Waals surface area contributed by atoms with E-state index in [0.29, 0.717) is 24.7 Å². The second-order valence-corrected chi connectivity index (χ2v) is 7.90. The van der Waals surface area contributed by atoms with Crippen molar-refractivity contribution in [2.75, 3.05) is 19.6 Å². The fraction of sp³-hybridized carbons (Fsp3) is 0.833. The predicted octanol–water partition coefficient (Wildman–Crippen LogP) is 1.41. The Morgan fingerprint density at radius 3 is 2.58 bits per heavy atom. The number of halogens is 1. The predicted molar refractivity (Wildman–Crippen MR) is 101 cm³/mol. The number of piperidine rings is 1. The summed E-state index contributed by atoms with van der Waals surface area (Å²) in [7, 11) is 0. The highest BCUT2D eigenvalue weighted by atomic mass is 35.5. The van der Waals surface area contributed by atoms with Crippen molar-refractivity contribution < 1.29 is 14.4 Å². The summed E-state index contributed by atoms with van der Waals surface area (Å²) in [6.07, 6.45) is 5.25. The standard InChI is InChI=1S/C18H30N4O3.ClH/c1-3-13-4-7-18(8-5-13)16(24)22(17(25)21-18)11-15(23)20-14-6-9-19-10-12(14)2;/h12-14,19H,3-11H2,1-2H3,(H,20,23)(H,21,25);1H. The SMILES string of the molecule is CCC1CCC2(CC1)NC(=O)N(CC(=O)NC1CCNCC1C)C2=O.Cl. The molecule has 0 bridgehead atoms. The van der Waals surface area contributed by atoms with Gasteiger partial charge in [0, 0.05) is 6.04 Å². The van der Waals surface area contributed by atoms with Crippen LogP contribution in [0, 0.1) is 11.8 Å². The first kappa shape index (κ1) is 21.0. The van der Waals surface area contributed by atoms with Gasteiger partial charge in [-0.1, -0.05) is 20.3 Å². The molecule has 3 aliphatic rings. The molecule has 0 aromatic rings. The fourth-order valence-electron chi connectivity index (χ4n) is 4.36. The zero-order valence-electron chi connectivity index (χ0n) is 15.7. The minimum Gasteiger partial charge on any atom is -0.351 e. The van der Waals surface area contributed by atoms with E-state index < -0.39 is 11.6 Å². The summed E-state index contributed by atoms with van der Waals surface area (Å²) in [6.45, 7) is 5.82. The number of rotatable bonds is 4. The smallest absolute Gasteiger partial charge is 0.325 e. The number of nitrogens with one attached hydrogen (secondary N) is 3. The largest absolute Gasteiger partial charge is 0.351 e. The van der Waals surface area contributed by atoms with Gasteiger partial charge in [-0.15, -0.1) is 12.4 Å². The highest BCUT2D eigenvalue weighted by Gasteiger charge is 2.52. The monoisotopic (exact) mass is 386 g/mol. The first-order chi connectivity index (χ1) is 11.9. The zero-order valence-corrected chi connectivity index (χ0v) is 16.5. The maximum Gasteiger partial charge on any atom is 0.325 e. The van der Waals surface area contributed by atoms with Crippen molar-refractivity contribution in [3.05, 3.63) is 0 Å². The van der Waals surface area contributed by atoms with Crippen molar-refractivity contribution in [2.24, 2.45) is 11.8 Å². The number of urea groups is 1. The van der Waals surface area contributed by atoms with Crippen LogP contribution in [0.25, 0.3) is 0 Å². The molecule has 0 radical (unpaired) electrons. The lowest BCUT2D eigenvalue weighted by molar-refractivity contribution is -0.136. The first-order valence-corrected chi connectivity index (χ1v) is 9.59. The van der Waals surface area contributed by atoms with E-state index in [0.717, 1.165) is 43.7 Å². The summed E-state index contributed by atoms with van der Waals surface area (Å²) in [5, 5.41) is 9.16. The lowest BCUT2D eigenvalue weighted by atomic mass is 9.75. The molecule has 1 aliphatic carbocycles. The highest BCUT2D eigenvalue weighted by molar-refractivity contribution is 6.09. The minimum absolute atomic E-state index is 0. The number of carbonyl (C=O) groups excluding carboxylic acids is 3. The molecule has 2 unspecified atom stereocenters. The fourth-order valence-corrected chi connectivity index (χ4v) is 4.36. The van der Waals surface area contributed by atoms with Gasteiger partial charge in [-0.05, 0) is 57.0 Å². The van der Waals surface area contributed by atoms with Gasteiger partial charge in [0.25, 0.3) is 5.91 Å². The third-order valence-corrected chi connectivity index (χ3v) is 6.22. The molecule has 2 atom stereocenters. The average molecular weight is 387 g/mol. The van der Waals surface area contributed by atoms with Gasteiger partial charge in [0.15, 0.2) is 0 Å². The van der Waals surface area contributed by atoms with Crippen LogP contribution in [-0.2, 0) is 9.59 Å². The Hall–Kier alpha value is -1.34. The summed E-state index contributed by atoms with van der Waals surface area (Å²) in [6, 6.07) is -0.322. The third kappa shape index (κ3) is 4.14. The molecule has 4 amide bonds. The average Bonchev–Trinajstić information content (AvgIpc) is 2.82. The molecule has 2 heterocycles. The third-order valence-electron chi connectivity index (χ3n) is 6.22. The zero-order chi connectivity index (χ0) is 18.0. The van der Waals surface area contributed by atoms with Gasteiger partial charge in [-0.3, -0.25) is 14.5 Å². The molecule has 0 aromatic carbocycles. The van der Waals surface area contributed by atoms with E-state index in [1.165, 1.54) is 0 Å². The topological polar surface area (TPSA) is 90.5 Å². The van der Waals surface area contributed by atoms with E-state index in [1.807, 2.05) is 0 Å². The van der Waals surface area contributed by atoms with Crippen LogP contribution < -0.4 is 16.0 Å². The Bertz CT molecular complexity index is 549. The lowest BCUT2D eigenvalue weighted by Crippen LogP contribution is -2.52. The van der Waals surface area contributed by atoms with Crippen LogP contribution >= 0.6 is 12.4 Å². The van der Waals surface area contributed by atoms with Crippen LogP contribution in [0.5, 0.6) is 0 Å². The van der Waals surface area contributed by atoms with E-state index in [9.17, 15) is 14.4 Å². The Labute approximate surface area is 161 Å². The lowest BCUT2D eigenvalue weighted by Gasteiger charge is -2.34. The molecular formula is C18H31ClN4O3. The first-order valence-electron chi connectivity index (χ1n) is 9.59. The van der Waals surface area contributed by atoms with Crippen LogP contribution in [0.3, 0.4) is 0 Å². The van der Waals surface area contributed by atoms with Gasteiger partial charge < -0.3 is 16.0 Å². The van der Waals surface area contributed by atoms with Crippen molar-refractivity contribution in [1.82, 2.24) is 20.9 Å². The molecule has 1 spiro atoms. The van der Waals surface area contributed by atoms with E-state index in [1.54, 1.807) is 0 Å². The Morgan fingerprint density at radius 2 is 1.96 bits per heavy atom. The molecule has 148 valence electrons. The van der Waals surface area contributed by atoms with Crippen molar-refractivity contribution in [3.8, 4) is 0 Å². The molecule has 26 heavy (non-hydrogen) atoms. The van der Waals surface area contributed by atoms with Crippen LogP contribution in [0.2, 0.25) is 0 Å². The number of hydrogen-bond acceptors (Lipinski definition) is 4. The van der Waals surface area contributed by atoms with E-state index in [2.05, 4.69) is 29.8 Å². The van der Waals surface area contributed by atoms with E-state index >= 15 is 0 Å². The van der Waals surface area contributed by atoms with E-state index in [-0.39, 0.29) is 36.8 Å². The van der Waals surface area contributed by atoms with E-state index in [4.69, 9.17) is 0 Å². The maximum atomic E-state index is 12.8.